The van der Waals surface area contributed by atoms with Crippen LogP contribution in [0.15, 0.2) is 30.4 Å². The number of hydrogen-bond donors (Lipinski definition) is 2. The highest BCUT2D eigenvalue weighted by molar-refractivity contribution is 6.42. The fourth-order valence-corrected chi connectivity index (χ4v) is 8.25. The molecular weight excluding hydrogens is 537 g/mol. The lowest BCUT2D eigenvalue weighted by molar-refractivity contribution is -0.149. The summed E-state index contributed by atoms with van der Waals surface area (Å²) in [6.07, 6.45) is 13.1. The van der Waals surface area contributed by atoms with E-state index in [0.29, 0.717) is 15.7 Å². The molecule has 7 atom stereocenters. The second kappa shape index (κ2) is 10.1. The smallest absolute Gasteiger partial charge is 0.246 e. The van der Waals surface area contributed by atoms with Gasteiger partial charge in [0.05, 0.1) is 27.5 Å². The summed E-state index contributed by atoms with van der Waals surface area (Å²) in [4.78, 5) is 44.3. The summed E-state index contributed by atoms with van der Waals surface area (Å²) >= 11 is 12.3. The molecule has 2 aliphatic carbocycles. The number of rotatable bonds is 5. The fourth-order valence-electron chi connectivity index (χ4n) is 7.96. The van der Waals surface area contributed by atoms with Crippen molar-refractivity contribution in [2.24, 2.45) is 17.8 Å². The number of hydrogen-bond acceptors (Lipinski definition) is 4. The monoisotopic (exact) mass is 573 g/mol. The summed E-state index contributed by atoms with van der Waals surface area (Å²) < 4.78 is 6.69. The molecule has 5 aliphatic rings. The van der Waals surface area contributed by atoms with Crippen LogP contribution in [-0.4, -0.2) is 51.9 Å². The zero-order valence-electron chi connectivity index (χ0n) is 22.6. The molecule has 39 heavy (non-hydrogen) atoms. The fraction of sp³-hybridized carbons (Fsp3) is 0.633. The summed E-state index contributed by atoms with van der Waals surface area (Å²) in [7, 11) is 0. The van der Waals surface area contributed by atoms with E-state index in [4.69, 9.17) is 27.9 Å². The predicted molar refractivity (Wildman–Crippen MR) is 151 cm³/mol. The minimum atomic E-state index is -1.18. The van der Waals surface area contributed by atoms with Gasteiger partial charge < -0.3 is 20.3 Å². The van der Waals surface area contributed by atoms with E-state index in [2.05, 4.69) is 17.6 Å². The molecule has 1 spiro atoms. The summed E-state index contributed by atoms with van der Waals surface area (Å²) in [6, 6.07) is 4.14. The lowest BCUT2D eigenvalue weighted by Crippen LogP contribution is -2.59. The van der Waals surface area contributed by atoms with Crippen LogP contribution >= 0.6 is 23.2 Å². The van der Waals surface area contributed by atoms with Crippen LogP contribution in [0.3, 0.4) is 0 Å². The quantitative estimate of drug-likeness (QED) is 0.455. The Labute approximate surface area is 240 Å². The van der Waals surface area contributed by atoms with Crippen LogP contribution < -0.4 is 10.6 Å². The number of benzene rings is 1. The predicted octanol–water partition coefficient (Wildman–Crippen LogP) is 5.50. The van der Waals surface area contributed by atoms with Gasteiger partial charge in [0.15, 0.2) is 0 Å². The Bertz CT molecular complexity index is 1220. The van der Waals surface area contributed by atoms with Crippen molar-refractivity contribution in [2.45, 2.75) is 101 Å². The Kier molecular flexibility index (Phi) is 7.00. The minimum Gasteiger partial charge on any atom is -0.356 e. The van der Waals surface area contributed by atoms with Gasteiger partial charge in [0.1, 0.15) is 11.6 Å². The molecule has 0 aromatic heterocycles. The SMILES string of the molecule is C[C@@H]1CCCC[C@@H]1N1C(=O)[C@@H]2[C@H](C(=O)Nc3ccc(Cl)c(Cl)c3)[C@]3(C)C=C[C@@]2(O3)[C@@H]1C(=O)NC1CCCCC1. The molecule has 4 fully saturated rings. The van der Waals surface area contributed by atoms with Crippen LogP contribution in [0.1, 0.15) is 71.6 Å². The van der Waals surface area contributed by atoms with E-state index in [1.807, 2.05) is 24.0 Å². The number of amides is 3. The Morgan fingerprint density at radius 3 is 2.41 bits per heavy atom. The van der Waals surface area contributed by atoms with Crippen molar-refractivity contribution in [3.05, 3.63) is 40.4 Å². The molecular formula is C30H37Cl2N3O4. The first-order valence-corrected chi connectivity index (χ1v) is 15.2. The van der Waals surface area contributed by atoms with E-state index in [1.165, 1.54) is 6.42 Å². The van der Waals surface area contributed by atoms with Crippen LogP contribution in [0.25, 0.3) is 0 Å². The maximum atomic E-state index is 14.4. The van der Waals surface area contributed by atoms with Crippen LogP contribution in [0.2, 0.25) is 10.0 Å². The maximum absolute atomic E-state index is 14.4. The molecule has 2 N–H and O–H groups in total. The number of nitrogens with zero attached hydrogens (tertiary/aromatic N) is 1. The van der Waals surface area contributed by atoms with Crippen molar-refractivity contribution in [3.8, 4) is 0 Å². The van der Waals surface area contributed by atoms with Crippen molar-refractivity contribution in [3.63, 3.8) is 0 Å². The minimum absolute atomic E-state index is 0.0593. The Hall–Kier alpha value is -2.09. The van der Waals surface area contributed by atoms with Crippen molar-refractivity contribution < 1.29 is 19.1 Å². The first-order valence-electron chi connectivity index (χ1n) is 14.4. The zero-order valence-corrected chi connectivity index (χ0v) is 24.1. The van der Waals surface area contributed by atoms with Crippen LogP contribution in [0.4, 0.5) is 5.69 Å². The number of halogens is 2. The number of ether oxygens (including phenoxy) is 1. The van der Waals surface area contributed by atoms with Gasteiger partial charge in [-0.3, -0.25) is 14.4 Å². The van der Waals surface area contributed by atoms with Crippen LogP contribution in [0, 0.1) is 17.8 Å². The number of carbonyl (C=O) groups excluding carboxylic acids is 3. The molecule has 3 aliphatic heterocycles. The molecule has 0 unspecified atom stereocenters. The lowest BCUT2D eigenvalue weighted by atomic mass is 9.70. The molecule has 210 valence electrons. The molecule has 1 aromatic carbocycles. The number of carbonyl (C=O) groups is 3. The van der Waals surface area contributed by atoms with Crippen LogP contribution in [0.5, 0.6) is 0 Å². The first kappa shape index (κ1) is 27.1. The highest BCUT2D eigenvalue weighted by Crippen LogP contribution is 2.60. The number of anilines is 1. The lowest BCUT2D eigenvalue weighted by Gasteiger charge is -2.42. The van der Waals surface area contributed by atoms with Gasteiger partial charge in [-0.1, -0.05) is 74.4 Å². The zero-order chi connectivity index (χ0) is 27.5. The van der Waals surface area contributed by atoms with Crippen molar-refractivity contribution in [1.29, 1.82) is 0 Å². The highest BCUT2D eigenvalue weighted by atomic mass is 35.5. The average molecular weight is 575 g/mol. The van der Waals surface area contributed by atoms with E-state index in [-0.39, 0.29) is 35.7 Å². The Morgan fingerprint density at radius 2 is 1.69 bits per heavy atom. The topological polar surface area (TPSA) is 87.7 Å². The molecule has 9 heteroatoms. The third-order valence-corrected chi connectivity index (χ3v) is 10.6. The maximum Gasteiger partial charge on any atom is 0.246 e. The molecule has 3 heterocycles. The summed E-state index contributed by atoms with van der Waals surface area (Å²) in [5.41, 5.74) is -1.69. The standard InChI is InChI=1S/C30H37Cl2N3O4/c1-17-8-6-7-11-22(17)35-25(27(37)33-18-9-4-3-5-10-18)30-15-14-29(2,39-30)23(24(30)28(35)38)26(36)34-19-12-13-20(31)21(32)16-19/h12-18,22-25H,3-11H2,1-2H3,(H,33,37)(H,34,36)/t17-,22+,23-,24+,25+,29+,30+/m1/s1. The van der Waals surface area contributed by atoms with Gasteiger partial charge in [-0.25, -0.2) is 0 Å². The summed E-state index contributed by atoms with van der Waals surface area (Å²) in [5, 5.41) is 6.95. The molecule has 3 amide bonds. The van der Waals surface area contributed by atoms with Gasteiger partial charge >= 0.3 is 0 Å². The third-order valence-electron chi connectivity index (χ3n) is 9.83. The Balaban J connectivity index is 1.36. The van der Waals surface area contributed by atoms with Gasteiger partial charge in [-0.15, -0.1) is 0 Å². The number of nitrogens with one attached hydrogen (secondary N) is 2. The van der Waals surface area contributed by atoms with Crippen LogP contribution in [-0.2, 0) is 19.1 Å². The van der Waals surface area contributed by atoms with E-state index < -0.39 is 29.1 Å². The van der Waals surface area contributed by atoms with Gasteiger partial charge in [-0.05, 0) is 56.7 Å². The molecule has 0 radical (unpaired) electrons. The largest absolute Gasteiger partial charge is 0.356 e. The second-order valence-corrected chi connectivity index (χ2v) is 13.2. The molecule has 2 bridgehead atoms. The van der Waals surface area contributed by atoms with E-state index >= 15 is 0 Å². The molecule has 2 saturated carbocycles. The van der Waals surface area contributed by atoms with Crippen molar-refractivity contribution >= 4 is 46.6 Å². The van der Waals surface area contributed by atoms with E-state index in [9.17, 15) is 14.4 Å². The van der Waals surface area contributed by atoms with Gasteiger partial charge in [0.2, 0.25) is 17.7 Å². The third kappa shape index (κ3) is 4.40. The van der Waals surface area contributed by atoms with Gasteiger partial charge in [0, 0.05) is 17.8 Å². The second-order valence-electron chi connectivity index (χ2n) is 12.4. The molecule has 7 nitrogen and oxygen atoms in total. The number of fused-ring (bicyclic) bond motifs is 1. The molecule has 2 saturated heterocycles. The highest BCUT2D eigenvalue weighted by Gasteiger charge is 2.76. The average Bonchev–Trinajstić information content (AvgIpc) is 3.48. The van der Waals surface area contributed by atoms with Crippen molar-refractivity contribution in [2.75, 3.05) is 5.32 Å². The summed E-state index contributed by atoms with van der Waals surface area (Å²) in [6.45, 7) is 4.01. The van der Waals surface area contributed by atoms with Gasteiger partial charge in [0.25, 0.3) is 0 Å². The van der Waals surface area contributed by atoms with Gasteiger partial charge in [-0.2, -0.15) is 0 Å². The first-order chi connectivity index (χ1) is 18.6. The number of likely N-dealkylation sites (tertiary alicyclic amines) is 1. The molecule has 6 rings (SSSR count). The summed E-state index contributed by atoms with van der Waals surface area (Å²) in [5.74, 6) is -1.95. The Morgan fingerprint density at radius 1 is 0.974 bits per heavy atom. The van der Waals surface area contributed by atoms with E-state index in [1.54, 1.807) is 18.2 Å². The normalized spacial score (nSPS) is 37.7. The molecule has 1 aromatic rings. The van der Waals surface area contributed by atoms with Crippen molar-refractivity contribution in [1.82, 2.24) is 10.2 Å². The van der Waals surface area contributed by atoms with E-state index in [0.717, 1.165) is 51.4 Å².